The van der Waals surface area contributed by atoms with Crippen LogP contribution in [0.3, 0.4) is 0 Å². The van der Waals surface area contributed by atoms with E-state index in [2.05, 4.69) is 31.7 Å². The molecule has 6 nitrogen and oxygen atoms in total. The Kier molecular flexibility index (Phi) is 4.87. The molecule has 2 N–H and O–H groups in total. The Morgan fingerprint density at radius 2 is 2.18 bits per heavy atom. The van der Waals surface area contributed by atoms with E-state index in [4.69, 9.17) is 4.74 Å². The number of nitrogens with zero attached hydrogens (tertiary/aromatic N) is 2. The zero-order chi connectivity index (χ0) is 15.4. The molecule has 0 aliphatic carbocycles. The molecule has 1 unspecified atom stereocenters. The van der Waals surface area contributed by atoms with Crippen LogP contribution in [-0.4, -0.2) is 42.0 Å². The maximum absolute atomic E-state index is 12.2. The molecule has 116 valence electrons. The van der Waals surface area contributed by atoms with Gasteiger partial charge in [0.05, 0.1) is 24.8 Å². The highest BCUT2D eigenvalue weighted by molar-refractivity contribution is 9.10. The third-order valence-electron chi connectivity index (χ3n) is 3.44. The molecular formula is C15H17BrN4O2. The van der Waals surface area contributed by atoms with Gasteiger partial charge in [-0.25, -0.2) is 4.68 Å². The molecule has 1 fully saturated rings. The summed E-state index contributed by atoms with van der Waals surface area (Å²) >= 11 is 3.40. The number of carbonyl (C=O) groups excluding carboxylic acids is 1. The van der Waals surface area contributed by atoms with Crippen LogP contribution in [0.1, 0.15) is 0 Å². The van der Waals surface area contributed by atoms with Gasteiger partial charge >= 0.3 is 0 Å². The maximum Gasteiger partial charge on any atom is 0.232 e. The average molecular weight is 365 g/mol. The summed E-state index contributed by atoms with van der Waals surface area (Å²) in [4.78, 5) is 12.2. The topological polar surface area (TPSA) is 68.2 Å². The van der Waals surface area contributed by atoms with Crippen LogP contribution in [0.5, 0.6) is 0 Å². The fourth-order valence-corrected chi connectivity index (χ4v) is 2.49. The summed E-state index contributed by atoms with van der Waals surface area (Å²) in [5.74, 6) is 0.271. The molecule has 22 heavy (non-hydrogen) atoms. The molecule has 1 saturated heterocycles. The van der Waals surface area contributed by atoms with Crippen LogP contribution < -0.4 is 10.6 Å². The molecule has 1 aromatic heterocycles. The summed E-state index contributed by atoms with van der Waals surface area (Å²) in [6.07, 6.45) is 1.82. The number of aromatic nitrogens is 2. The van der Waals surface area contributed by atoms with Crippen molar-refractivity contribution in [1.82, 2.24) is 15.1 Å². The van der Waals surface area contributed by atoms with E-state index in [9.17, 15) is 4.79 Å². The number of benzene rings is 1. The van der Waals surface area contributed by atoms with E-state index in [1.807, 2.05) is 30.5 Å². The quantitative estimate of drug-likeness (QED) is 0.871. The number of rotatable bonds is 3. The monoisotopic (exact) mass is 364 g/mol. The highest BCUT2D eigenvalue weighted by Crippen LogP contribution is 2.15. The van der Waals surface area contributed by atoms with Gasteiger partial charge in [0, 0.05) is 29.8 Å². The average Bonchev–Trinajstić information content (AvgIpc) is 2.81. The first kappa shape index (κ1) is 15.2. The maximum atomic E-state index is 12.2. The van der Waals surface area contributed by atoms with E-state index < -0.39 is 0 Å². The Morgan fingerprint density at radius 1 is 1.36 bits per heavy atom. The minimum Gasteiger partial charge on any atom is -0.379 e. The number of halogens is 1. The van der Waals surface area contributed by atoms with E-state index in [0.29, 0.717) is 25.6 Å². The van der Waals surface area contributed by atoms with Gasteiger partial charge in [0.1, 0.15) is 0 Å². The second-order valence-electron chi connectivity index (χ2n) is 5.09. The second-order valence-corrected chi connectivity index (χ2v) is 6.00. The van der Waals surface area contributed by atoms with Gasteiger partial charge in [-0.15, -0.1) is 0 Å². The Bertz CT molecular complexity index is 633. The summed E-state index contributed by atoms with van der Waals surface area (Å²) in [6.45, 7) is 2.48. The molecule has 1 aliphatic heterocycles. The lowest BCUT2D eigenvalue weighted by molar-refractivity contribution is -0.121. The standard InChI is InChI=1S/C15H17BrN4O2/c16-12-1-3-13(4-2-12)20-7-5-14(19-20)18-15(21)11-9-17-6-8-22-10-11/h1-5,7,11,17H,6,8-10H2,(H,18,19,21). The van der Waals surface area contributed by atoms with Crippen LogP contribution in [0.2, 0.25) is 0 Å². The molecule has 3 rings (SSSR count). The van der Waals surface area contributed by atoms with Gasteiger partial charge in [-0.1, -0.05) is 15.9 Å². The highest BCUT2D eigenvalue weighted by Gasteiger charge is 2.21. The lowest BCUT2D eigenvalue weighted by atomic mass is 10.1. The summed E-state index contributed by atoms with van der Waals surface area (Å²) in [5, 5.41) is 10.4. The Morgan fingerprint density at radius 3 is 3.00 bits per heavy atom. The van der Waals surface area contributed by atoms with E-state index in [-0.39, 0.29) is 11.8 Å². The van der Waals surface area contributed by atoms with Crippen molar-refractivity contribution in [2.24, 2.45) is 5.92 Å². The summed E-state index contributed by atoms with van der Waals surface area (Å²) in [5.41, 5.74) is 0.933. The normalized spacial score (nSPS) is 18.7. The van der Waals surface area contributed by atoms with Crippen molar-refractivity contribution < 1.29 is 9.53 Å². The molecule has 0 bridgehead atoms. The van der Waals surface area contributed by atoms with Crippen LogP contribution >= 0.6 is 15.9 Å². The Hall–Kier alpha value is -1.70. The van der Waals surface area contributed by atoms with Crippen molar-refractivity contribution in [2.75, 3.05) is 31.6 Å². The van der Waals surface area contributed by atoms with Crippen molar-refractivity contribution in [3.8, 4) is 5.69 Å². The number of anilines is 1. The lowest BCUT2D eigenvalue weighted by Gasteiger charge is -2.12. The molecule has 0 radical (unpaired) electrons. The van der Waals surface area contributed by atoms with Gasteiger partial charge in [-0.2, -0.15) is 5.10 Å². The highest BCUT2D eigenvalue weighted by atomic mass is 79.9. The van der Waals surface area contributed by atoms with Crippen LogP contribution in [0.25, 0.3) is 5.69 Å². The Balaban J connectivity index is 1.66. The molecule has 0 spiro atoms. The number of hydrogen-bond acceptors (Lipinski definition) is 4. The smallest absolute Gasteiger partial charge is 0.232 e. The fraction of sp³-hybridized carbons (Fsp3) is 0.333. The number of ether oxygens (including phenoxy) is 1. The number of hydrogen-bond donors (Lipinski definition) is 2. The fourth-order valence-electron chi connectivity index (χ4n) is 2.23. The second kappa shape index (κ2) is 7.04. The van der Waals surface area contributed by atoms with Gasteiger partial charge in [-0.3, -0.25) is 4.79 Å². The van der Waals surface area contributed by atoms with Gasteiger partial charge in [0.2, 0.25) is 5.91 Å². The largest absolute Gasteiger partial charge is 0.379 e. The first-order valence-corrected chi connectivity index (χ1v) is 7.92. The molecule has 1 amide bonds. The molecule has 7 heteroatoms. The summed E-state index contributed by atoms with van der Waals surface area (Å²) in [7, 11) is 0. The minimum absolute atomic E-state index is 0.0737. The van der Waals surface area contributed by atoms with Crippen LogP contribution in [0.15, 0.2) is 41.0 Å². The third-order valence-corrected chi connectivity index (χ3v) is 3.96. The summed E-state index contributed by atoms with van der Waals surface area (Å²) < 4.78 is 8.14. The predicted octanol–water partition coefficient (Wildman–Crippen LogP) is 1.81. The predicted molar refractivity (Wildman–Crippen MR) is 87.1 cm³/mol. The van der Waals surface area contributed by atoms with Crippen molar-refractivity contribution in [2.45, 2.75) is 0 Å². The first-order valence-electron chi connectivity index (χ1n) is 7.13. The van der Waals surface area contributed by atoms with E-state index in [1.54, 1.807) is 10.7 Å². The van der Waals surface area contributed by atoms with Crippen LogP contribution in [-0.2, 0) is 9.53 Å². The van der Waals surface area contributed by atoms with Crippen LogP contribution in [0.4, 0.5) is 5.82 Å². The Labute approximate surface area is 137 Å². The molecule has 1 atom stereocenters. The lowest BCUT2D eigenvalue weighted by Crippen LogP contribution is -2.33. The van der Waals surface area contributed by atoms with Crippen molar-refractivity contribution in [1.29, 1.82) is 0 Å². The summed E-state index contributed by atoms with van der Waals surface area (Å²) in [6, 6.07) is 9.58. The molecule has 2 heterocycles. The molecule has 1 aliphatic rings. The van der Waals surface area contributed by atoms with Gasteiger partial charge in [-0.05, 0) is 24.3 Å². The van der Waals surface area contributed by atoms with E-state index >= 15 is 0 Å². The van der Waals surface area contributed by atoms with Crippen molar-refractivity contribution in [3.05, 3.63) is 41.0 Å². The number of carbonyl (C=O) groups is 1. The molecule has 2 aromatic rings. The van der Waals surface area contributed by atoms with E-state index in [0.717, 1.165) is 16.7 Å². The molecule has 1 aromatic carbocycles. The number of amides is 1. The van der Waals surface area contributed by atoms with Gasteiger partial charge in [0.15, 0.2) is 5.82 Å². The zero-order valence-corrected chi connectivity index (χ0v) is 13.5. The zero-order valence-electron chi connectivity index (χ0n) is 12.0. The third kappa shape index (κ3) is 3.73. The molecular weight excluding hydrogens is 348 g/mol. The van der Waals surface area contributed by atoms with Gasteiger partial charge < -0.3 is 15.4 Å². The van der Waals surface area contributed by atoms with E-state index in [1.165, 1.54) is 0 Å². The number of nitrogens with one attached hydrogen (secondary N) is 2. The molecule has 0 saturated carbocycles. The van der Waals surface area contributed by atoms with Crippen molar-refractivity contribution in [3.63, 3.8) is 0 Å². The van der Waals surface area contributed by atoms with Crippen molar-refractivity contribution >= 4 is 27.7 Å². The van der Waals surface area contributed by atoms with Gasteiger partial charge in [0.25, 0.3) is 0 Å². The first-order chi connectivity index (χ1) is 10.7. The minimum atomic E-state index is -0.194. The van der Waals surface area contributed by atoms with Crippen LogP contribution in [0, 0.1) is 5.92 Å². The SMILES string of the molecule is O=C(Nc1ccn(-c2ccc(Br)cc2)n1)C1CNCCOC1.